The molecule has 0 unspecified atom stereocenters. The molecule has 3 aromatic rings. The van der Waals surface area contributed by atoms with Crippen molar-refractivity contribution < 1.29 is 17.6 Å². The fourth-order valence-corrected chi connectivity index (χ4v) is 3.13. The number of benzene rings is 1. The Balaban J connectivity index is 1.62. The molecule has 3 N–H and O–H groups in total. The van der Waals surface area contributed by atoms with Crippen LogP contribution in [0.4, 0.5) is 29.2 Å². The molecule has 1 aliphatic rings. The summed E-state index contributed by atoms with van der Waals surface area (Å²) in [5.41, 5.74) is 4.87. The molecule has 0 atom stereocenters. The number of nitrogen functional groups attached to an aromatic ring is 1. The van der Waals surface area contributed by atoms with Crippen molar-refractivity contribution in [3.63, 3.8) is 0 Å². The number of rotatable bonds is 4. The van der Waals surface area contributed by atoms with Gasteiger partial charge < -0.3 is 11.1 Å². The first-order chi connectivity index (χ1) is 12.8. The average molecular weight is 377 g/mol. The number of aromatic nitrogens is 3. The summed E-state index contributed by atoms with van der Waals surface area (Å²) in [6.07, 6.45) is -1.93. The Labute approximate surface area is 151 Å². The van der Waals surface area contributed by atoms with Gasteiger partial charge in [-0.2, -0.15) is 13.2 Å². The maximum absolute atomic E-state index is 13.8. The number of nitrogens with one attached hydrogen (secondary N) is 1. The molecule has 27 heavy (non-hydrogen) atoms. The highest BCUT2D eigenvalue weighted by atomic mass is 19.4. The lowest BCUT2D eigenvalue weighted by atomic mass is 9.93. The van der Waals surface area contributed by atoms with Gasteiger partial charge in [-0.25, -0.2) is 19.3 Å². The maximum Gasteiger partial charge on any atom is 0.416 e. The summed E-state index contributed by atoms with van der Waals surface area (Å²) in [5, 5.41) is 3.80. The lowest BCUT2D eigenvalue weighted by Gasteiger charge is -2.19. The van der Waals surface area contributed by atoms with Gasteiger partial charge in [0.1, 0.15) is 23.8 Å². The zero-order chi connectivity index (χ0) is 19.2. The number of hydrogen-bond acceptors (Lipinski definition) is 5. The summed E-state index contributed by atoms with van der Waals surface area (Å²) < 4.78 is 52.8. The quantitative estimate of drug-likeness (QED) is 0.674. The van der Waals surface area contributed by atoms with E-state index >= 15 is 0 Å². The molecular formula is C18H15F4N5. The van der Waals surface area contributed by atoms with Crippen molar-refractivity contribution in [1.82, 2.24) is 15.0 Å². The molecule has 0 spiro atoms. The summed E-state index contributed by atoms with van der Waals surface area (Å²) in [7, 11) is 0. The fraction of sp³-hybridized carbons (Fsp3) is 0.278. The first kappa shape index (κ1) is 17.4. The van der Waals surface area contributed by atoms with Crippen molar-refractivity contribution in [2.24, 2.45) is 0 Å². The minimum absolute atomic E-state index is 0.324. The van der Waals surface area contributed by atoms with E-state index in [2.05, 4.69) is 20.3 Å². The fourth-order valence-electron chi connectivity index (χ4n) is 3.13. The minimum Gasteiger partial charge on any atom is -0.384 e. The standard InChI is InChI=1S/C18H15F4N5/c19-12-6-10(5-11(7-12)18(20,21)22)17(3-4-17)8-24-15-13-1-2-14(23)27-16(13)26-9-25-15/h1-2,5-7,9H,3-4,8H2,(H3,23,24,25,26,27). The molecule has 1 saturated carbocycles. The predicted molar refractivity (Wildman–Crippen MR) is 92.5 cm³/mol. The summed E-state index contributed by atoms with van der Waals surface area (Å²) in [6, 6.07) is 6.05. The van der Waals surface area contributed by atoms with E-state index in [0.29, 0.717) is 53.7 Å². The minimum atomic E-state index is -4.59. The van der Waals surface area contributed by atoms with Crippen LogP contribution in [0.25, 0.3) is 11.0 Å². The van der Waals surface area contributed by atoms with Crippen LogP contribution in [0.2, 0.25) is 0 Å². The van der Waals surface area contributed by atoms with Crippen LogP contribution in [-0.4, -0.2) is 21.5 Å². The van der Waals surface area contributed by atoms with E-state index in [9.17, 15) is 17.6 Å². The van der Waals surface area contributed by atoms with E-state index in [1.54, 1.807) is 12.1 Å². The molecular weight excluding hydrogens is 362 g/mol. The molecule has 0 amide bonds. The lowest BCUT2D eigenvalue weighted by Crippen LogP contribution is -2.21. The van der Waals surface area contributed by atoms with E-state index in [0.717, 1.165) is 6.07 Å². The van der Waals surface area contributed by atoms with Gasteiger partial charge in [-0.15, -0.1) is 0 Å². The third kappa shape index (κ3) is 3.36. The van der Waals surface area contributed by atoms with Crippen LogP contribution < -0.4 is 11.1 Å². The number of nitrogens with two attached hydrogens (primary N) is 1. The zero-order valence-electron chi connectivity index (χ0n) is 14.0. The Kier molecular flexibility index (Phi) is 3.90. The molecule has 2 heterocycles. The van der Waals surface area contributed by atoms with Crippen LogP contribution in [0.3, 0.4) is 0 Å². The first-order valence-electron chi connectivity index (χ1n) is 8.26. The van der Waals surface area contributed by atoms with E-state index in [-0.39, 0.29) is 0 Å². The van der Waals surface area contributed by atoms with Crippen molar-refractivity contribution >= 4 is 22.7 Å². The molecule has 1 aromatic carbocycles. The molecule has 9 heteroatoms. The smallest absolute Gasteiger partial charge is 0.384 e. The SMILES string of the molecule is Nc1ccc2c(NCC3(c4cc(F)cc(C(F)(F)F)c4)CC3)ncnc2n1. The van der Waals surface area contributed by atoms with E-state index in [1.165, 1.54) is 12.4 Å². The van der Waals surface area contributed by atoms with Crippen molar-refractivity contribution in [3.8, 4) is 0 Å². The molecule has 1 aliphatic carbocycles. The summed E-state index contributed by atoms with van der Waals surface area (Å²) in [4.78, 5) is 12.3. The number of hydrogen-bond donors (Lipinski definition) is 2. The number of nitrogens with zero attached hydrogens (tertiary/aromatic N) is 3. The molecule has 0 bridgehead atoms. The summed E-state index contributed by atoms with van der Waals surface area (Å²) >= 11 is 0. The predicted octanol–water partition coefficient (Wildman–Crippen LogP) is 3.91. The second-order valence-electron chi connectivity index (χ2n) is 6.69. The van der Waals surface area contributed by atoms with Gasteiger partial charge in [0.25, 0.3) is 0 Å². The van der Waals surface area contributed by atoms with Crippen molar-refractivity contribution in [2.45, 2.75) is 24.4 Å². The topological polar surface area (TPSA) is 76.7 Å². The normalized spacial score (nSPS) is 15.7. The molecule has 4 rings (SSSR count). The molecule has 0 aliphatic heterocycles. The molecule has 2 aromatic heterocycles. The molecule has 140 valence electrons. The molecule has 0 radical (unpaired) electrons. The second kappa shape index (κ2) is 6.04. The van der Waals surface area contributed by atoms with Gasteiger partial charge in [0.05, 0.1) is 10.9 Å². The van der Waals surface area contributed by atoms with E-state index in [1.807, 2.05) is 0 Å². The van der Waals surface area contributed by atoms with Gasteiger partial charge in [0.15, 0.2) is 5.65 Å². The maximum atomic E-state index is 13.8. The van der Waals surface area contributed by atoms with Crippen molar-refractivity contribution in [3.05, 3.63) is 53.6 Å². The molecule has 5 nitrogen and oxygen atoms in total. The van der Waals surface area contributed by atoms with Crippen LogP contribution in [0.1, 0.15) is 24.0 Å². The number of pyridine rings is 1. The van der Waals surface area contributed by atoms with Gasteiger partial charge in [-0.05, 0) is 48.7 Å². The van der Waals surface area contributed by atoms with E-state index < -0.39 is 23.0 Å². The number of halogens is 4. The Bertz CT molecular complexity index is 1010. The van der Waals surface area contributed by atoms with Crippen LogP contribution in [-0.2, 0) is 11.6 Å². The van der Waals surface area contributed by atoms with Gasteiger partial charge in [-0.1, -0.05) is 0 Å². The first-order valence-corrected chi connectivity index (χ1v) is 8.26. The van der Waals surface area contributed by atoms with Crippen molar-refractivity contribution in [1.29, 1.82) is 0 Å². The van der Waals surface area contributed by atoms with Gasteiger partial charge in [-0.3, -0.25) is 0 Å². The highest BCUT2D eigenvalue weighted by molar-refractivity contribution is 5.87. The van der Waals surface area contributed by atoms with Gasteiger partial charge in [0.2, 0.25) is 0 Å². The Hall–Kier alpha value is -2.97. The van der Waals surface area contributed by atoms with E-state index in [4.69, 9.17) is 5.73 Å². The Morgan fingerprint density at radius 1 is 1.11 bits per heavy atom. The molecule has 0 saturated heterocycles. The zero-order valence-corrected chi connectivity index (χ0v) is 14.0. The lowest BCUT2D eigenvalue weighted by molar-refractivity contribution is -0.137. The highest BCUT2D eigenvalue weighted by Crippen LogP contribution is 2.49. The molecule has 1 fully saturated rings. The van der Waals surface area contributed by atoms with Gasteiger partial charge in [0, 0.05) is 12.0 Å². The Morgan fingerprint density at radius 2 is 1.89 bits per heavy atom. The third-order valence-corrected chi connectivity index (χ3v) is 4.80. The monoisotopic (exact) mass is 377 g/mol. The number of fused-ring (bicyclic) bond motifs is 1. The second-order valence-corrected chi connectivity index (χ2v) is 6.69. The number of alkyl halides is 3. The van der Waals surface area contributed by atoms with Crippen molar-refractivity contribution in [2.75, 3.05) is 17.6 Å². The number of anilines is 2. The van der Waals surface area contributed by atoms with Gasteiger partial charge >= 0.3 is 6.18 Å². The van der Waals surface area contributed by atoms with Crippen LogP contribution in [0.15, 0.2) is 36.7 Å². The largest absolute Gasteiger partial charge is 0.416 e. The third-order valence-electron chi connectivity index (χ3n) is 4.80. The summed E-state index contributed by atoms with van der Waals surface area (Å²) in [6.45, 7) is 0.324. The average Bonchev–Trinajstić information content (AvgIpc) is 3.39. The summed E-state index contributed by atoms with van der Waals surface area (Å²) in [5.74, 6) is -0.0604. The van der Waals surface area contributed by atoms with Crippen LogP contribution in [0.5, 0.6) is 0 Å². The van der Waals surface area contributed by atoms with Crippen LogP contribution in [0, 0.1) is 5.82 Å². The highest BCUT2D eigenvalue weighted by Gasteiger charge is 2.45. The Morgan fingerprint density at radius 3 is 2.59 bits per heavy atom. The van der Waals surface area contributed by atoms with Crippen LogP contribution >= 0.6 is 0 Å².